The molecule has 1 fully saturated rings. The molecule has 2 heterocycles. The topological polar surface area (TPSA) is 104 Å². The minimum Gasteiger partial charge on any atom is -0.324 e. The zero-order valence-corrected chi connectivity index (χ0v) is 19.8. The van der Waals surface area contributed by atoms with Crippen molar-refractivity contribution in [2.24, 2.45) is 0 Å². The smallest absolute Gasteiger partial charge is 0.261 e. The molecule has 2 aliphatic rings. The molecular weight excluding hydrogens is 442 g/mol. The Kier molecular flexibility index (Phi) is 6.03. The van der Waals surface area contributed by atoms with E-state index in [0.29, 0.717) is 28.3 Å². The molecule has 35 heavy (non-hydrogen) atoms. The Morgan fingerprint density at radius 1 is 0.857 bits per heavy atom. The number of carbonyl (C=O) groups excluding carboxylic acids is 3. The van der Waals surface area contributed by atoms with Gasteiger partial charge in [0.2, 0.25) is 5.95 Å². The van der Waals surface area contributed by atoms with E-state index >= 15 is 0 Å². The fraction of sp³-hybridized carbons (Fsp3) is 0.296. The summed E-state index contributed by atoms with van der Waals surface area (Å²) in [7, 11) is 0. The van der Waals surface area contributed by atoms with Gasteiger partial charge in [0, 0.05) is 34.4 Å². The van der Waals surface area contributed by atoms with Gasteiger partial charge in [-0.3, -0.25) is 19.3 Å². The van der Waals surface area contributed by atoms with Gasteiger partial charge in [-0.1, -0.05) is 25.3 Å². The van der Waals surface area contributed by atoms with Crippen LogP contribution in [-0.2, 0) is 0 Å². The molecule has 5 rings (SSSR count). The first-order chi connectivity index (χ1) is 16.9. The predicted octanol–water partition coefficient (Wildman–Crippen LogP) is 5.02. The van der Waals surface area contributed by atoms with Gasteiger partial charge in [-0.25, -0.2) is 9.97 Å². The van der Waals surface area contributed by atoms with Crippen molar-refractivity contribution < 1.29 is 14.4 Å². The Balaban J connectivity index is 1.32. The third-order valence-electron chi connectivity index (χ3n) is 6.48. The first-order valence-corrected chi connectivity index (χ1v) is 11.9. The maximum absolute atomic E-state index is 13.1. The van der Waals surface area contributed by atoms with Crippen LogP contribution in [0.5, 0.6) is 0 Å². The van der Waals surface area contributed by atoms with Gasteiger partial charge in [-0.15, -0.1) is 0 Å². The second kappa shape index (κ2) is 9.29. The van der Waals surface area contributed by atoms with Gasteiger partial charge < -0.3 is 10.6 Å². The predicted molar refractivity (Wildman–Crippen MR) is 133 cm³/mol. The van der Waals surface area contributed by atoms with E-state index in [1.807, 2.05) is 32.0 Å². The number of hydrogen-bond acceptors (Lipinski definition) is 6. The summed E-state index contributed by atoms with van der Waals surface area (Å²) in [6, 6.07) is 13.8. The van der Waals surface area contributed by atoms with Crippen LogP contribution in [0, 0.1) is 13.8 Å². The van der Waals surface area contributed by atoms with Crippen molar-refractivity contribution in [3.63, 3.8) is 0 Å². The lowest BCUT2D eigenvalue weighted by atomic mass is 9.94. The Morgan fingerprint density at radius 2 is 1.54 bits per heavy atom. The molecule has 1 saturated carbocycles. The SMILES string of the molecule is Cc1cc(C)nc(Nc2cccc(NC(=O)c3ccc4c(c3)C(=O)N(C3CCCCC3)C4=O)c2)n1. The third kappa shape index (κ3) is 4.64. The zero-order chi connectivity index (χ0) is 24.5. The van der Waals surface area contributed by atoms with Crippen molar-refractivity contribution in [3.05, 3.63) is 76.6 Å². The number of rotatable bonds is 5. The molecule has 0 atom stereocenters. The van der Waals surface area contributed by atoms with E-state index in [4.69, 9.17) is 0 Å². The van der Waals surface area contributed by atoms with Crippen molar-refractivity contribution >= 4 is 35.0 Å². The van der Waals surface area contributed by atoms with Crippen molar-refractivity contribution in [1.82, 2.24) is 14.9 Å². The number of benzene rings is 2. The fourth-order valence-corrected chi connectivity index (χ4v) is 4.86. The average Bonchev–Trinajstić information content (AvgIpc) is 3.08. The Bertz CT molecular complexity index is 1310. The number of aryl methyl sites for hydroxylation is 2. The number of anilines is 3. The van der Waals surface area contributed by atoms with Crippen molar-refractivity contribution in [1.29, 1.82) is 0 Å². The Labute approximate surface area is 203 Å². The van der Waals surface area contributed by atoms with Crippen molar-refractivity contribution in [3.8, 4) is 0 Å². The summed E-state index contributed by atoms with van der Waals surface area (Å²) in [6.45, 7) is 3.81. The second-order valence-electron chi connectivity index (χ2n) is 9.17. The normalized spacial score (nSPS) is 15.8. The molecule has 0 spiro atoms. The Hall–Kier alpha value is -4.07. The van der Waals surface area contributed by atoms with Crippen LogP contribution in [0.15, 0.2) is 48.5 Å². The van der Waals surface area contributed by atoms with E-state index in [-0.39, 0.29) is 23.8 Å². The molecule has 0 unspecified atom stereocenters. The number of fused-ring (bicyclic) bond motifs is 1. The van der Waals surface area contributed by atoms with E-state index in [9.17, 15) is 14.4 Å². The fourth-order valence-electron chi connectivity index (χ4n) is 4.86. The van der Waals surface area contributed by atoms with Crippen LogP contribution in [0.4, 0.5) is 17.3 Å². The lowest BCUT2D eigenvalue weighted by Gasteiger charge is -2.29. The van der Waals surface area contributed by atoms with Crippen LogP contribution in [0.25, 0.3) is 0 Å². The maximum Gasteiger partial charge on any atom is 0.261 e. The molecule has 2 aromatic carbocycles. The van der Waals surface area contributed by atoms with Crippen LogP contribution < -0.4 is 10.6 Å². The number of nitrogens with zero attached hydrogens (tertiary/aromatic N) is 3. The van der Waals surface area contributed by atoms with Crippen molar-refractivity contribution in [2.45, 2.75) is 52.0 Å². The van der Waals surface area contributed by atoms with Gasteiger partial charge in [0.05, 0.1) is 11.1 Å². The molecule has 1 aliphatic heterocycles. The first-order valence-electron chi connectivity index (χ1n) is 11.9. The molecule has 1 aromatic heterocycles. The number of imide groups is 1. The summed E-state index contributed by atoms with van der Waals surface area (Å²) >= 11 is 0. The molecule has 0 radical (unpaired) electrons. The highest BCUT2D eigenvalue weighted by Crippen LogP contribution is 2.31. The number of aromatic nitrogens is 2. The summed E-state index contributed by atoms with van der Waals surface area (Å²) in [5.74, 6) is -0.429. The molecule has 2 N–H and O–H groups in total. The van der Waals surface area contributed by atoms with Crippen LogP contribution in [0.1, 0.15) is 74.6 Å². The van der Waals surface area contributed by atoms with Gasteiger partial charge in [0.25, 0.3) is 17.7 Å². The minimum absolute atomic E-state index is 0.0511. The summed E-state index contributed by atoms with van der Waals surface area (Å²) in [6.07, 6.45) is 4.87. The van der Waals surface area contributed by atoms with Gasteiger partial charge >= 0.3 is 0 Å². The van der Waals surface area contributed by atoms with E-state index in [1.165, 1.54) is 11.0 Å². The van der Waals surface area contributed by atoms with Crippen LogP contribution >= 0.6 is 0 Å². The van der Waals surface area contributed by atoms with Crippen LogP contribution in [0.3, 0.4) is 0 Å². The van der Waals surface area contributed by atoms with E-state index in [1.54, 1.807) is 24.3 Å². The highest BCUT2D eigenvalue weighted by Gasteiger charge is 2.40. The first kappa shape index (κ1) is 22.7. The van der Waals surface area contributed by atoms with E-state index in [0.717, 1.165) is 49.2 Å². The summed E-state index contributed by atoms with van der Waals surface area (Å²) in [4.78, 5) is 49.1. The summed E-state index contributed by atoms with van der Waals surface area (Å²) < 4.78 is 0. The molecule has 8 heteroatoms. The molecule has 0 bridgehead atoms. The highest BCUT2D eigenvalue weighted by atomic mass is 16.2. The molecule has 178 valence electrons. The van der Waals surface area contributed by atoms with Gasteiger partial charge in [0.15, 0.2) is 0 Å². The lowest BCUT2D eigenvalue weighted by molar-refractivity contribution is 0.0549. The molecule has 3 amide bonds. The quantitative estimate of drug-likeness (QED) is 0.509. The number of hydrogen-bond donors (Lipinski definition) is 2. The molecule has 8 nitrogen and oxygen atoms in total. The second-order valence-corrected chi connectivity index (χ2v) is 9.17. The van der Waals surface area contributed by atoms with Crippen LogP contribution in [0.2, 0.25) is 0 Å². The van der Waals surface area contributed by atoms with Gasteiger partial charge in [-0.05, 0) is 69.2 Å². The number of amides is 3. The third-order valence-corrected chi connectivity index (χ3v) is 6.48. The average molecular weight is 470 g/mol. The monoisotopic (exact) mass is 469 g/mol. The summed E-state index contributed by atoms with van der Waals surface area (Å²) in [5.41, 5.74) is 4.02. The summed E-state index contributed by atoms with van der Waals surface area (Å²) in [5, 5.41) is 6.03. The zero-order valence-electron chi connectivity index (χ0n) is 19.8. The molecule has 3 aromatic rings. The van der Waals surface area contributed by atoms with Gasteiger partial charge in [-0.2, -0.15) is 0 Å². The van der Waals surface area contributed by atoms with Crippen molar-refractivity contribution in [2.75, 3.05) is 10.6 Å². The molecule has 1 aliphatic carbocycles. The highest BCUT2D eigenvalue weighted by molar-refractivity contribution is 6.22. The Morgan fingerprint density at radius 3 is 2.29 bits per heavy atom. The van der Waals surface area contributed by atoms with E-state index < -0.39 is 0 Å². The minimum atomic E-state index is -0.357. The molecular formula is C27H27N5O3. The van der Waals surface area contributed by atoms with Gasteiger partial charge in [0.1, 0.15) is 0 Å². The largest absolute Gasteiger partial charge is 0.324 e. The van der Waals surface area contributed by atoms with E-state index in [2.05, 4.69) is 20.6 Å². The lowest BCUT2D eigenvalue weighted by Crippen LogP contribution is -2.40. The maximum atomic E-state index is 13.1. The molecule has 0 saturated heterocycles. The number of carbonyl (C=O) groups is 3. The number of nitrogens with one attached hydrogen (secondary N) is 2. The standard InChI is InChI=1S/C27H27N5O3/c1-16-13-17(2)29-27(28-16)31-20-8-6-7-19(15-20)30-24(33)18-11-12-22-23(14-18)26(35)32(25(22)34)21-9-4-3-5-10-21/h6-8,11-15,21H,3-5,9-10H2,1-2H3,(H,30,33)(H,28,29,31). The van der Waals surface area contributed by atoms with Crippen LogP contribution in [-0.4, -0.2) is 38.6 Å².